The second kappa shape index (κ2) is 7.63. The molecule has 0 bridgehead atoms. The average Bonchev–Trinajstić information content (AvgIpc) is 2.72. The summed E-state index contributed by atoms with van der Waals surface area (Å²) in [5, 5.41) is 3.05. The van der Waals surface area contributed by atoms with Gasteiger partial charge in [0.25, 0.3) is 5.91 Å². The highest BCUT2D eigenvalue weighted by Gasteiger charge is 2.21. The van der Waals surface area contributed by atoms with Crippen LogP contribution in [0.3, 0.4) is 0 Å². The first kappa shape index (κ1) is 18.5. The molecule has 0 spiro atoms. The Kier molecular flexibility index (Phi) is 4.87. The van der Waals surface area contributed by atoms with E-state index in [1.165, 1.54) is 36.4 Å². The maximum absolute atomic E-state index is 13.8. The Morgan fingerprint density at radius 3 is 2.55 bits per heavy atom. The lowest BCUT2D eigenvalue weighted by Crippen LogP contribution is -2.31. The van der Waals surface area contributed by atoms with Gasteiger partial charge >= 0.3 is 0 Å². The third kappa shape index (κ3) is 3.89. The number of benzene rings is 2. The third-order valence-corrected chi connectivity index (χ3v) is 4.49. The zero-order valence-corrected chi connectivity index (χ0v) is 15.0. The normalized spacial score (nSPS) is 11.9. The molecule has 0 saturated heterocycles. The van der Waals surface area contributed by atoms with Gasteiger partial charge in [-0.2, -0.15) is 0 Å². The number of H-pyrrole nitrogens is 1. The van der Waals surface area contributed by atoms with Crippen LogP contribution in [-0.2, 0) is 0 Å². The van der Waals surface area contributed by atoms with Crippen molar-refractivity contribution in [2.24, 2.45) is 0 Å². The van der Waals surface area contributed by atoms with Gasteiger partial charge in [-0.1, -0.05) is 18.2 Å². The molecule has 2 aromatic heterocycles. The number of amides is 1. The minimum absolute atomic E-state index is 0.0144. The van der Waals surface area contributed by atoms with Gasteiger partial charge in [0.05, 0.1) is 17.3 Å². The summed E-state index contributed by atoms with van der Waals surface area (Å²) in [4.78, 5) is 31.9. The fraction of sp³-hybridized carbons (Fsp3) is 0.0455. The maximum Gasteiger partial charge on any atom is 0.252 e. The first-order valence-corrected chi connectivity index (χ1v) is 8.81. The molecule has 29 heavy (non-hydrogen) atoms. The van der Waals surface area contributed by atoms with E-state index < -0.39 is 29.1 Å². The van der Waals surface area contributed by atoms with Crippen LogP contribution >= 0.6 is 0 Å². The standard InChI is InChI=1S/C22H15F2N3O2/c23-14-5-3-4-13(10-14)21(19-6-1-2-9-25-19)27-22(29)17-12-20(28)26-18-8-7-15(24)11-16(17)18/h1-12,21H,(H,26,28)(H,27,29). The Labute approximate surface area is 164 Å². The number of hydrogen-bond donors (Lipinski definition) is 2. The number of nitrogens with one attached hydrogen (secondary N) is 2. The number of nitrogens with zero attached hydrogens (tertiary/aromatic N) is 1. The lowest BCUT2D eigenvalue weighted by atomic mass is 10.0. The molecule has 2 aromatic carbocycles. The summed E-state index contributed by atoms with van der Waals surface area (Å²) in [6.07, 6.45) is 1.56. The Morgan fingerprint density at radius 1 is 0.966 bits per heavy atom. The highest BCUT2D eigenvalue weighted by atomic mass is 19.1. The third-order valence-electron chi connectivity index (χ3n) is 4.49. The van der Waals surface area contributed by atoms with Gasteiger partial charge in [0.2, 0.25) is 5.56 Å². The van der Waals surface area contributed by atoms with Crippen molar-refractivity contribution in [2.75, 3.05) is 0 Å². The molecule has 4 rings (SSSR count). The minimum Gasteiger partial charge on any atom is -0.340 e. The van der Waals surface area contributed by atoms with Crippen LogP contribution in [0.5, 0.6) is 0 Å². The van der Waals surface area contributed by atoms with Gasteiger partial charge in [0, 0.05) is 23.2 Å². The maximum atomic E-state index is 13.8. The highest BCUT2D eigenvalue weighted by Crippen LogP contribution is 2.23. The zero-order chi connectivity index (χ0) is 20.4. The molecule has 2 heterocycles. The Morgan fingerprint density at radius 2 is 1.79 bits per heavy atom. The van der Waals surface area contributed by atoms with Gasteiger partial charge in [0.15, 0.2) is 0 Å². The van der Waals surface area contributed by atoms with Crippen molar-refractivity contribution in [2.45, 2.75) is 6.04 Å². The molecule has 5 nitrogen and oxygen atoms in total. The van der Waals surface area contributed by atoms with Gasteiger partial charge < -0.3 is 10.3 Å². The molecular formula is C22H15F2N3O2. The summed E-state index contributed by atoms with van der Waals surface area (Å²) < 4.78 is 27.5. The summed E-state index contributed by atoms with van der Waals surface area (Å²) in [6.45, 7) is 0. The van der Waals surface area contributed by atoms with Crippen LogP contribution in [0, 0.1) is 11.6 Å². The molecule has 1 atom stereocenters. The largest absolute Gasteiger partial charge is 0.340 e. The summed E-state index contributed by atoms with van der Waals surface area (Å²) in [5.74, 6) is -1.60. The fourth-order valence-electron chi connectivity index (χ4n) is 3.18. The van der Waals surface area contributed by atoms with E-state index in [4.69, 9.17) is 0 Å². The van der Waals surface area contributed by atoms with Crippen molar-refractivity contribution < 1.29 is 13.6 Å². The molecule has 0 aliphatic heterocycles. The predicted octanol–water partition coefficient (Wildman–Crippen LogP) is 3.72. The molecular weight excluding hydrogens is 376 g/mol. The number of fused-ring (bicyclic) bond motifs is 1. The Balaban J connectivity index is 1.79. The van der Waals surface area contributed by atoms with Crippen molar-refractivity contribution in [1.29, 1.82) is 0 Å². The first-order valence-electron chi connectivity index (χ1n) is 8.81. The molecule has 144 valence electrons. The first-order chi connectivity index (χ1) is 14.0. The van der Waals surface area contributed by atoms with E-state index >= 15 is 0 Å². The fourth-order valence-corrected chi connectivity index (χ4v) is 3.18. The molecule has 0 aliphatic carbocycles. The van der Waals surface area contributed by atoms with Crippen molar-refractivity contribution in [3.05, 3.63) is 112 Å². The second-order valence-corrected chi connectivity index (χ2v) is 6.45. The number of aromatic nitrogens is 2. The zero-order valence-electron chi connectivity index (χ0n) is 15.0. The molecule has 0 aliphatic rings. The van der Waals surface area contributed by atoms with E-state index in [0.717, 1.165) is 6.07 Å². The number of halogens is 2. The van der Waals surface area contributed by atoms with E-state index in [1.807, 2.05) is 0 Å². The highest BCUT2D eigenvalue weighted by molar-refractivity contribution is 6.06. The van der Waals surface area contributed by atoms with Crippen LogP contribution in [0.1, 0.15) is 27.7 Å². The van der Waals surface area contributed by atoms with Crippen LogP contribution in [-0.4, -0.2) is 15.9 Å². The van der Waals surface area contributed by atoms with Crippen LogP contribution in [0.4, 0.5) is 8.78 Å². The molecule has 0 fully saturated rings. The number of carbonyl (C=O) groups excluding carboxylic acids is 1. The van der Waals surface area contributed by atoms with E-state index in [-0.39, 0.29) is 10.9 Å². The van der Waals surface area contributed by atoms with Crippen molar-refractivity contribution in [3.8, 4) is 0 Å². The van der Waals surface area contributed by atoms with Crippen LogP contribution in [0.2, 0.25) is 0 Å². The number of rotatable bonds is 4. The van der Waals surface area contributed by atoms with Gasteiger partial charge in [0.1, 0.15) is 11.6 Å². The van der Waals surface area contributed by atoms with Gasteiger partial charge in [-0.15, -0.1) is 0 Å². The summed E-state index contributed by atoms with van der Waals surface area (Å²) in [7, 11) is 0. The van der Waals surface area contributed by atoms with E-state index in [0.29, 0.717) is 16.8 Å². The quantitative estimate of drug-likeness (QED) is 0.557. The SMILES string of the molecule is O=C(NC(c1cccc(F)c1)c1ccccn1)c1cc(=O)[nH]c2ccc(F)cc12. The van der Waals surface area contributed by atoms with E-state index in [1.54, 1.807) is 30.5 Å². The Bertz CT molecular complexity index is 1260. The van der Waals surface area contributed by atoms with Crippen molar-refractivity contribution in [3.63, 3.8) is 0 Å². The molecule has 1 amide bonds. The molecule has 7 heteroatoms. The molecule has 0 radical (unpaired) electrons. The molecule has 0 saturated carbocycles. The Hall–Kier alpha value is -3.87. The van der Waals surface area contributed by atoms with Crippen LogP contribution < -0.4 is 10.9 Å². The van der Waals surface area contributed by atoms with Gasteiger partial charge in [-0.05, 0) is 48.0 Å². The monoisotopic (exact) mass is 391 g/mol. The second-order valence-electron chi connectivity index (χ2n) is 6.45. The minimum atomic E-state index is -0.762. The summed E-state index contributed by atoms with van der Waals surface area (Å²) in [5.41, 5.74) is 0.836. The van der Waals surface area contributed by atoms with Gasteiger partial charge in [-0.25, -0.2) is 8.78 Å². The lowest BCUT2D eigenvalue weighted by Gasteiger charge is -2.19. The lowest BCUT2D eigenvalue weighted by molar-refractivity contribution is 0.0943. The molecule has 2 N–H and O–H groups in total. The number of carbonyl (C=O) groups is 1. The summed E-state index contributed by atoms with van der Waals surface area (Å²) >= 11 is 0. The topological polar surface area (TPSA) is 74.8 Å². The van der Waals surface area contributed by atoms with Crippen LogP contribution in [0.15, 0.2) is 77.7 Å². The van der Waals surface area contributed by atoms with Crippen LogP contribution in [0.25, 0.3) is 10.9 Å². The number of aromatic amines is 1. The number of pyridine rings is 2. The van der Waals surface area contributed by atoms with Crippen molar-refractivity contribution in [1.82, 2.24) is 15.3 Å². The van der Waals surface area contributed by atoms with Crippen molar-refractivity contribution >= 4 is 16.8 Å². The van der Waals surface area contributed by atoms with E-state index in [2.05, 4.69) is 15.3 Å². The van der Waals surface area contributed by atoms with E-state index in [9.17, 15) is 18.4 Å². The van der Waals surface area contributed by atoms with Gasteiger partial charge in [-0.3, -0.25) is 14.6 Å². The molecule has 4 aromatic rings. The average molecular weight is 391 g/mol. The predicted molar refractivity (Wildman–Crippen MR) is 104 cm³/mol. The molecule has 1 unspecified atom stereocenters. The smallest absolute Gasteiger partial charge is 0.252 e. The number of hydrogen-bond acceptors (Lipinski definition) is 3. The summed E-state index contributed by atoms with van der Waals surface area (Å²) in [6, 6.07) is 15.1.